The molecule has 2 heterocycles. The number of likely N-dealkylation sites (N-methyl/N-ethyl adjacent to an activating group) is 1. The third-order valence-electron chi connectivity index (χ3n) is 3.51. The average molecular weight is 293 g/mol. The summed E-state index contributed by atoms with van der Waals surface area (Å²) in [5.41, 5.74) is 0.895. The molecule has 0 amide bonds. The molecule has 0 unspecified atom stereocenters. The van der Waals surface area contributed by atoms with Crippen LogP contribution in [0.5, 0.6) is 0 Å². The summed E-state index contributed by atoms with van der Waals surface area (Å²) in [7, 11) is 2.14. The van der Waals surface area contributed by atoms with Gasteiger partial charge in [-0.15, -0.1) is 10.2 Å². The van der Waals surface area contributed by atoms with Crippen molar-refractivity contribution in [1.29, 1.82) is 0 Å². The molecule has 0 N–H and O–H groups in total. The van der Waals surface area contributed by atoms with Gasteiger partial charge in [-0.05, 0) is 31.3 Å². The van der Waals surface area contributed by atoms with Gasteiger partial charge in [-0.3, -0.25) is 4.90 Å². The molecule has 1 aliphatic heterocycles. The zero-order chi connectivity index (χ0) is 13.9. The maximum atomic E-state index is 5.87. The number of rotatable bonds is 3. The minimum absolute atomic E-state index is 0.547. The van der Waals surface area contributed by atoms with Crippen molar-refractivity contribution in [1.82, 2.24) is 20.0 Å². The van der Waals surface area contributed by atoms with Crippen molar-refractivity contribution in [2.45, 2.75) is 6.54 Å². The van der Waals surface area contributed by atoms with Gasteiger partial charge in [0.05, 0.1) is 6.54 Å². The van der Waals surface area contributed by atoms with Gasteiger partial charge in [0, 0.05) is 36.8 Å². The second-order valence-corrected chi connectivity index (χ2v) is 5.52. The molecule has 3 rings (SSSR count). The SMILES string of the molecule is CN1CCN(Cc2nnc(-c3ccc(Cl)cc3)o2)CC1. The first-order valence-electron chi connectivity index (χ1n) is 6.70. The lowest BCUT2D eigenvalue weighted by atomic mass is 10.2. The molecule has 1 saturated heterocycles. The van der Waals surface area contributed by atoms with E-state index in [-0.39, 0.29) is 0 Å². The Morgan fingerprint density at radius 1 is 1.10 bits per heavy atom. The Morgan fingerprint density at radius 2 is 1.80 bits per heavy atom. The molecule has 1 aromatic carbocycles. The molecule has 0 aliphatic carbocycles. The van der Waals surface area contributed by atoms with Gasteiger partial charge in [0.2, 0.25) is 11.8 Å². The minimum atomic E-state index is 0.547. The lowest BCUT2D eigenvalue weighted by molar-refractivity contribution is 0.138. The molecule has 20 heavy (non-hydrogen) atoms. The van der Waals surface area contributed by atoms with Gasteiger partial charge in [-0.25, -0.2) is 0 Å². The van der Waals surface area contributed by atoms with Gasteiger partial charge >= 0.3 is 0 Å². The molecule has 1 aliphatic rings. The number of halogens is 1. The van der Waals surface area contributed by atoms with Gasteiger partial charge < -0.3 is 9.32 Å². The molecule has 2 aromatic rings. The molecule has 0 bridgehead atoms. The van der Waals surface area contributed by atoms with Crippen molar-refractivity contribution < 1.29 is 4.42 Å². The first kappa shape index (κ1) is 13.5. The fraction of sp³-hybridized carbons (Fsp3) is 0.429. The summed E-state index contributed by atoms with van der Waals surface area (Å²) in [4.78, 5) is 4.66. The maximum Gasteiger partial charge on any atom is 0.247 e. The van der Waals surface area contributed by atoms with E-state index in [4.69, 9.17) is 16.0 Å². The lowest BCUT2D eigenvalue weighted by Crippen LogP contribution is -2.43. The van der Waals surface area contributed by atoms with E-state index >= 15 is 0 Å². The van der Waals surface area contributed by atoms with E-state index in [9.17, 15) is 0 Å². The van der Waals surface area contributed by atoms with Crippen LogP contribution in [0, 0.1) is 0 Å². The summed E-state index contributed by atoms with van der Waals surface area (Å²) >= 11 is 5.87. The van der Waals surface area contributed by atoms with Crippen LogP contribution in [-0.4, -0.2) is 53.2 Å². The Bertz CT molecular complexity index is 561. The van der Waals surface area contributed by atoms with Crippen LogP contribution in [-0.2, 0) is 6.54 Å². The summed E-state index contributed by atoms with van der Waals surface area (Å²) < 4.78 is 5.72. The maximum absolute atomic E-state index is 5.87. The second-order valence-electron chi connectivity index (χ2n) is 5.09. The molecule has 0 radical (unpaired) electrons. The van der Waals surface area contributed by atoms with E-state index < -0.39 is 0 Å². The molecule has 6 heteroatoms. The van der Waals surface area contributed by atoms with Gasteiger partial charge in [-0.1, -0.05) is 11.6 Å². The normalized spacial score (nSPS) is 17.5. The predicted molar refractivity (Wildman–Crippen MR) is 77.5 cm³/mol. The summed E-state index contributed by atoms with van der Waals surface area (Å²) in [6.07, 6.45) is 0. The van der Waals surface area contributed by atoms with E-state index in [0.717, 1.165) is 31.7 Å². The molecule has 0 saturated carbocycles. The summed E-state index contributed by atoms with van der Waals surface area (Å²) in [5, 5.41) is 8.92. The van der Waals surface area contributed by atoms with Crippen LogP contribution in [0.25, 0.3) is 11.5 Å². The highest BCUT2D eigenvalue weighted by molar-refractivity contribution is 6.30. The molecular formula is C14H17ClN4O. The van der Waals surface area contributed by atoms with Crippen LogP contribution >= 0.6 is 11.6 Å². The minimum Gasteiger partial charge on any atom is -0.419 e. The zero-order valence-electron chi connectivity index (χ0n) is 11.4. The number of nitrogens with zero attached hydrogens (tertiary/aromatic N) is 4. The third kappa shape index (κ3) is 3.17. The number of hydrogen-bond acceptors (Lipinski definition) is 5. The van der Waals surface area contributed by atoms with E-state index in [1.807, 2.05) is 24.3 Å². The zero-order valence-corrected chi connectivity index (χ0v) is 12.2. The standard InChI is InChI=1S/C14H17ClN4O/c1-18-6-8-19(9-7-18)10-13-16-17-14(20-13)11-2-4-12(15)5-3-11/h2-5H,6-10H2,1H3. The first-order valence-corrected chi connectivity index (χ1v) is 7.08. The number of piperazine rings is 1. The van der Waals surface area contributed by atoms with Crippen LogP contribution < -0.4 is 0 Å². The van der Waals surface area contributed by atoms with E-state index in [1.165, 1.54) is 0 Å². The van der Waals surface area contributed by atoms with Gasteiger partial charge in [0.15, 0.2) is 0 Å². The number of benzene rings is 1. The highest BCUT2D eigenvalue weighted by Crippen LogP contribution is 2.20. The highest BCUT2D eigenvalue weighted by atomic mass is 35.5. The van der Waals surface area contributed by atoms with Crippen LogP contribution in [0.2, 0.25) is 5.02 Å². The van der Waals surface area contributed by atoms with Crippen LogP contribution in [0.1, 0.15) is 5.89 Å². The Hall–Kier alpha value is -1.43. The van der Waals surface area contributed by atoms with Gasteiger partial charge in [-0.2, -0.15) is 0 Å². The fourth-order valence-corrected chi connectivity index (χ4v) is 2.35. The van der Waals surface area contributed by atoms with Crippen molar-refractivity contribution in [2.75, 3.05) is 33.2 Å². The number of hydrogen-bond donors (Lipinski definition) is 0. The molecule has 106 valence electrons. The smallest absolute Gasteiger partial charge is 0.247 e. The Balaban J connectivity index is 1.66. The highest BCUT2D eigenvalue weighted by Gasteiger charge is 2.17. The molecule has 1 fully saturated rings. The summed E-state index contributed by atoms with van der Waals surface area (Å²) in [5.74, 6) is 1.21. The monoisotopic (exact) mass is 292 g/mol. The van der Waals surface area contributed by atoms with Gasteiger partial charge in [0.1, 0.15) is 0 Å². The second kappa shape index (κ2) is 5.91. The van der Waals surface area contributed by atoms with Crippen molar-refractivity contribution in [3.63, 3.8) is 0 Å². The van der Waals surface area contributed by atoms with E-state index in [0.29, 0.717) is 23.3 Å². The Labute approximate surface area is 123 Å². The predicted octanol–water partition coefficient (Wildman–Crippen LogP) is 2.14. The van der Waals surface area contributed by atoms with Crippen molar-refractivity contribution in [3.8, 4) is 11.5 Å². The van der Waals surface area contributed by atoms with Crippen molar-refractivity contribution >= 4 is 11.6 Å². The molecule has 5 nitrogen and oxygen atoms in total. The molecule has 1 aromatic heterocycles. The number of aromatic nitrogens is 2. The van der Waals surface area contributed by atoms with Crippen molar-refractivity contribution in [2.24, 2.45) is 0 Å². The average Bonchev–Trinajstić information content (AvgIpc) is 2.91. The fourth-order valence-electron chi connectivity index (χ4n) is 2.22. The third-order valence-corrected chi connectivity index (χ3v) is 3.76. The lowest BCUT2D eigenvalue weighted by Gasteiger charge is -2.31. The first-order chi connectivity index (χ1) is 9.70. The van der Waals surface area contributed by atoms with Gasteiger partial charge in [0.25, 0.3) is 0 Å². The molecule has 0 atom stereocenters. The van der Waals surface area contributed by atoms with Crippen LogP contribution in [0.3, 0.4) is 0 Å². The van der Waals surface area contributed by atoms with Crippen molar-refractivity contribution in [3.05, 3.63) is 35.2 Å². The van der Waals surface area contributed by atoms with E-state index in [2.05, 4.69) is 27.0 Å². The molecule has 0 spiro atoms. The topological polar surface area (TPSA) is 45.4 Å². The summed E-state index contributed by atoms with van der Waals surface area (Å²) in [6, 6.07) is 7.41. The Kier molecular flexibility index (Phi) is 4.00. The van der Waals surface area contributed by atoms with Crippen LogP contribution in [0.4, 0.5) is 0 Å². The Morgan fingerprint density at radius 3 is 2.50 bits per heavy atom. The van der Waals surface area contributed by atoms with E-state index in [1.54, 1.807) is 0 Å². The largest absolute Gasteiger partial charge is 0.419 e. The summed E-state index contributed by atoms with van der Waals surface area (Å²) in [6.45, 7) is 4.95. The quantitative estimate of drug-likeness (QED) is 0.867. The molecular weight excluding hydrogens is 276 g/mol. The van der Waals surface area contributed by atoms with Crippen LogP contribution in [0.15, 0.2) is 28.7 Å².